The van der Waals surface area contributed by atoms with Crippen LogP contribution in [0.1, 0.15) is 12.8 Å². The van der Waals surface area contributed by atoms with Crippen molar-refractivity contribution in [1.29, 1.82) is 0 Å². The van der Waals surface area contributed by atoms with E-state index in [9.17, 15) is 9.59 Å². The van der Waals surface area contributed by atoms with E-state index in [1.165, 1.54) is 0 Å². The van der Waals surface area contributed by atoms with Crippen molar-refractivity contribution in [3.05, 3.63) is 18.2 Å². The van der Waals surface area contributed by atoms with Crippen molar-refractivity contribution in [3.63, 3.8) is 0 Å². The van der Waals surface area contributed by atoms with E-state index in [1.54, 1.807) is 4.90 Å². The summed E-state index contributed by atoms with van der Waals surface area (Å²) < 4.78 is 11.1. The number of carbonyl (C=O) groups is 2. The molecule has 2 amide bonds. The second-order valence-corrected chi connectivity index (χ2v) is 6.83. The van der Waals surface area contributed by atoms with E-state index >= 15 is 0 Å². The molecule has 0 saturated carbocycles. The Bertz CT molecular complexity index is 687. The van der Waals surface area contributed by atoms with E-state index < -0.39 is 0 Å². The predicted octanol–water partition coefficient (Wildman–Crippen LogP) is 0.631. The molecule has 4 rings (SSSR count). The Labute approximate surface area is 146 Å². The Morgan fingerprint density at radius 1 is 1.28 bits per heavy atom. The Hall–Kier alpha value is -2.28. The Kier molecular flexibility index (Phi) is 4.25. The number of likely N-dealkylation sites (N-methyl/N-ethyl adjacent to an activating group) is 1. The summed E-state index contributed by atoms with van der Waals surface area (Å²) in [6.45, 7) is 3.23. The highest BCUT2D eigenvalue weighted by Gasteiger charge is 2.38. The van der Waals surface area contributed by atoms with Gasteiger partial charge in [0.05, 0.1) is 5.92 Å². The molecule has 3 aliphatic heterocycles. The molecule has 134 valence electrons. The van der Waals surface area contributed by atoms with Crippen LogP contribution in [0, 0.1) is 5.92 Å². The third kappa shape index (κ3) is 3.04. The number of carbonyl (C=O) groups excluding carboxylic acids is 2. The molecule has 25 heavy (non-hydrogen) atoms. The van der Waals surface area contributed by atoms with Crippen molar-refractivity contribution in [2.24, 2.45) is 5.92 Å². The minimum Gasteiger partial charge on any atom is -0.486 e. The largest absolute Gasteiger partial charge is 0.486 e. The van der Waals surface area contributed by atoms with E-state index in [-0.39, 0.29) is 30.2 Å². The smallest absolute Gasteiger partial charge is 0.228 e. The molecular weight excluding hydrogens is 322 g/mol. The highest BCUT2D eigenvalue weighted by atomic mass is 16.6. The number of rotatable bonds is 3. The van der Waals surface area contributed by atoms with Crippen LogP contribution in [-0.2, 0) is 9.59 Å². The van der Waals surface area contributed by atoms with Gasteiger partial charge in [-0.2, -0.15) is 0 Å². The molecule has 0 radical (unpaired) electrons. The fourth-order valence-corrected chi connectivity index (χ4v) is 3.76. The van der Waals surface area contributed by atoms with Crippen LogP contribution >= 0.6 is 0 Å². The van der Waals surface area contributed by atoms with Crippen LogP contribution < -0.4 is 19.7 Å². The van der Waals surface area contributed by atoms with Crippen molar-refractivity contribution in [2.75, 3.05) is 44.8 Å². The monoisotopic (exact) mass is 345 g/mol. The number of nitrogens with one attached hydrogen (secondary N) is 1. The maximum absolute atomic E-state index is 12.8. The van der Waals surface area contributed by atoms with Crippen LogP contribution in [0.25, 0.3) is 0 Å². The summed E-state index contributed by atoms with van der Waals surface area (Å²) in [6.07, 6.45) is 1.23. The van der Waals surface area contributed by atoms with Gasteiger partial charge in [0.1, 0.15) is 13.2 Å². The number of ether oxygens (including phenoxy) is 2. The number of fused-ring (bicyclic) bond motifs is 1. The Balaban J connectivity index is 1.47. The maximum Gasteiger partial charge on any atom is 0.228 e. The predicted molar refractivity (Wildman–Crippen MR) is 91.9 cm³/mol. The molecule has 0 bridgehead atoms. The summed E-state index contributed by atoms with van der Waals surface area (Å²) in [4.78, 5) is 28.7. The topological polar surface area (TPSA) is 71.1 Å². The van der Waals surface area contributed by atoms with Gasteiger partial charge >= 0.3 is 0 Å². The number of benzene rings is 1. The lowest BCUT2D eigenvalue weighted by molar-refractivity contribution is -0.136. The second-order valence-electron chi connectivity index (χ2n) is 6.83. The Morgan fingerprint density at radius 3 is 2.84 bits per heavy atom. The van der Waals surface area contributed by atoms with Crippen LogP contribution in [0.5, 0.6) is 11.5 Å². The summed E-state index contributed by atoms with van der Waals surface area (Å²) in [5, 5.41) is 3.27. The lowest BCUT2D eigenvalue weighted by atomic mass is 10.1. The van der Waals surface area contributed by atoms with E-state index in [4.69, 9.17) is 9.47 Å². The number of hydrogen-bond donors (Lipinski definition) is 1. The van der Waals surface area contributed by atoms with Gasteiger partial charge in [-0.15, -0.1) is 0 Å². The van der Waals surface area contributed by atoms with Gasteiger partial charge in [-0.3, -0.25) is 9.59 Å². The zero-order valence-corrected chi connectivity index (χ0v) is 14.4. The van der Waals surface area contributed by atoms with Crippen molar-refractivity contribution in [3.8, 4) is 11.5 Å². The van der Waals surface area contributed by atoms with Crippen LogP contribution in [0.3, 0.4) is 0 Å². The normalized spacial score (nSPS) is 25.3. The number of anilines is 1. The van der Waals surface area contributed by atoms with Gasteiger partial charge in [0.15, 0.2) is 11.5 Å². The first kappa shape index (κ1) is 16.2. The molecule has 7 nitrogen and oxygen atoms in total. The molecule has 1 aromatic rings. The van der Waals surface area contributed by atoms with Crippen LogP contribution in [0.15, 0.2) is 18.2 Å². The fourth-order valence-electron chi connectivity index (χ4n) is 3.76. The van der Waals surface area contributed by atoms with E-state index in [0.29, 0.717) is 31.3 Å². The highest BCUT2D eigenvalue weighted by Crippen LogP contribution is 2.36. The van der Waals surface area contributed by atoms with Crippen molar-refractivity contribution >= 4 is 17.5 Å². The first-order valence-electron chi connectivity index (χ1n) is 8.81. The average Bonchev–Trinajstić information content (AvgIpc) is 3.30. The van der Waals surface area contributed by atoms with Gasteiger partial charge in [0, 0.05) is 44.4 Å². The third-order valence-electron chi connectivity index (χ3n) is 5.24. The average molecular weight is 345 g/mol. The van der Waals surface area contributed by atoms with Gasteiger partial charge in [-0.05, 0) is 25.1 Å². The number of hydrogen-bond acceptors (Lipinski definition) is 5. The van der Waals surface area contributed by atoms with Gasteiger partial charge in [-0.1, -0.05) is 0 Å². The molecule has 0 aromatic heterocycles. The molecule has 7 heteroatoms. The lowest BCUT2D eigenvalue weighted by Gasteiger charge is -2.26. The molecular formula is C18H23N3O4. The van der Waals surface area contributed by atoms with Gasteiger partial charge < -0.3 is 24.6 Å². The summed E-state index contributed by atoms with van der Waals surface area (Å²) in [5.74, 6) is 1.10. The zero-order chi connectivity index (χ0) is 17.4. The molecule has 2 unspecified atom stereocenters. The molecule has 3 aliphatic rings. The quantitative estimate of drug-likeness (QED) is 0.870. The molecule has 2 saturated heterocycles. The minimum absolute atomic E-state index is 0.0204. The summed E-state index contributed by atoms with van der Waals surface area (Å²) >= 11 is 0. The van der Waals surface area contributed by atoms with Gasteiger partial charge in [0.2, 0.25) is 11.8 Å². The van der Waals surface area contributed by atoms with Crippen LogP contribution in [0.2, 0.25) is 0 Å². The number of amides is 2. The highest BCUT2D eigenvalue weighted by molar-refractivity contribution is 6.00. The maximum atomic E-state index is 12.8. The van der Waals surface area contributed by atoms with E-state index in [2.05, 4.69) is 5.32 Å². The summed E-state index contributed by atoms with van der Waals surface area (Å²) in [6, 6.07) is 5.72. The first-order chi connectivity index (χ1) is 12.1. The fraction of sp³-hybridized carbons (Fsp3) is 0.556. The van der Waals surface area contributed by atoms with Gasteiger partial charge in [-0.25, -0.2) is 0 Å². The SMILES string of the molecule is CN(C(=O)C1CC(=O)N(c2ccc3c(c2)OCCO3)C1)C1CCNC1. The van der Waals surface area contributed by atoms with E-state index in [0.717, 1.165) is 25.2 Å². The molecule has 1 N–H and O–H groups in total. The van der Waals surface area contributed by atoms with Crippen LogP contribution in [0.4, 0.5) is 5.69 Å². The Morgan fingerprint density at radius 2 is 2.08 bits per heavy atom. The zero-order valence-electron chi connectivity index (χ0n) is 14.4. The third-order valence-corrected chi connectivity index (χ3v) is 5.24. The van der Waals surface area contributed by atoms with E-state index in [1.807, 2.05) is 30.1 Å². The summed E-state index contributed by atoms with van der Waals surface area (Å²) in [7, 11) is 1.84. The molecule has 2 atom stereocenters. The second kappa shape index (κ2) is 6.55. The molecule has 3 heterocycles. The summed E-state index contributed by atoms with van der Waals surface area (Å²) in [5.41, 5.74) is 0.759. The van der Waals surface area contributed by atoms with Gasteiger partial charge in [0.25, 0.3) is 0 Å². The van der Waals surface area contributed by atoms with Crippen molar-refractivity contribution < 1.29 is 19.1 Å². The number of nitrogens with zero attached hydrogens (tertiary/aromatic N) is 2. The lowest BCUT2D eigenvalue weighted by Crippen LogP contribution is -2.42. The minimum atomic E-state index is -0.286. The molecule has 1 aromatic carbocycles. The molecule has 0 spiro atoms. The van der Waals surface area contributed by atoms with Crippen LogP contribution in [-0.4, -0.2) is 62.7 Å². The molecule has 0 aliphatic carbocycles. The first-order valence-corrected chi connectivity index (χ1v) is 8.81. The molecule has 2 fully saturated rings. The van der Waals surface area contributed by atoms with Crippen molar-refractivity contribution in [2.45, 2.75) is 18.9 Å². The standard InChI is InChI=1S/C18H23N3O4/c1-20(14-4-5-19-10-14)18(23)12-8-17(22)21(11-12)13-2-3-15-16(9-13)25-7-6-24-15/h2-3,9,12,14,19H,4-8,10-11H2,1H3. The van der Waals surface area contributed by atoms with Crippen molar-refractivity contribution in [1.82, 2.24) is 10.2 Å².